The Hall–Kier alpha value is -4.20. The van der Waals surface area contributed by atoms with Gasteiger partial charge in [-0.05, 0) is 43.3 Å². The average Bonchev–Trinajstić information content (AvgIpc) is 2.84. The molecule has 0 spiro atoms. The van der Waals surface area contributed by atoms with Crippen LogP contribution in [0.25, 0.3) is 22.2 Å². The van der Waals surface area contributed by atoms with Gasteiger partial charge in [0.05, 0.1) is 16.8 Å². The Balaban J connectivity index is 1.65. The van der Waals surface area contributed by atoms with E-state index in [1.165, 1.54) is 11.0 Å². The maximum absolute atomic E-state index is 13.9. The number of likely N-dealkylation sites (N-methyl/N-ethyl adjacent to an activating group) is 1. The first-order valence-electron chi connectivity index (χ1n) is 10.3. The molecule has 0 aliphatic carbocycles. The van der Waals surface area contributed by atoms with Crippen LogP contribution in [0.5, 0.6) is 0 Å². The van der Waals surface area contributed by atoms with E-state index in [1.807, 2.05) is 6.07 Å². The van der Waals surface area contributed by atoms with Crippen LogP contribution in [-0.4, -0.2) is 39.8 Å². The van der Waals surface area contributed by atoms with Crippen molar-refractivity contribution >= 4 is 28.4 Å². The average molecular weight is 446 g/mol. The standard InChI is InChI=1S/C25H20F2N4O2/c1-2-31(15-23(32)30-24-19(26)7-5-8-20(24)27)25(33)18-14-22(16-10-12-28-13-11-16)29-21-9-4-3-6-17(18)21/h3-14H,2,15H2,1H3,(H,30,32). The maximum Gasteiger partial charge on any atom is 0.255 e. The monoisotopic (exact) mass is 446 g/mol. The van der Waals surface area contributed by atoms with Gasteiger partial charge in [0, 0.05) is 29.9 Å². The third-order valence-corrected chi connectivity index (χ3v) is 5.15. The maximum atomic E-state index is 13.9. The molecule has 0 aliphatic rings. The summed E-state index contributed by atoms with van der Waals surface area (Å²) in [5.74, 6) is -2.88. The SMILES string of the molecule is CCN(CC(=O)Nc1c(F)cccc1F)C(=O)c1cc(-c2ccncc2)nc2ccccc12. The first-order chi connectivity index (χ1) is 16.0. The van der Waals surface area contributed by atoms with Crippen LogP contribution in [-0.2, 0) is 4.79 Å². The van der Waals surface area contributed by atoms with E-state index < -0.39 is 29.1 Å². The van der Waals surface area contributed by atoms with Crippen molar-refractivity contribution in [3.8, 4) is 11.3 Å². The highest BCUT2D eigenvalue weighted by atomic mass is 19.1. The van der Waals surface area contributed by atoms with Crippen molar-refractivity contribution in [3.63, 3.8) is 0 Å². The van der Waals surface area contributed by atoms with Crippen LogP contribution in [0.15, 0.2) is 73.1 Å². The molecule has 4 aromatic rings. The molecule has 2 amide bonds. The van der Waals surface area contributed by atoms with Gasteiger partial charge in [-0.1, -0.05) is 24.3 Å². The summed E-state index contributed by atoms with van der Waals surface area (Å²) in [6.45, 7) is 1.57. The Kier molecular flexibility index (Phi) is 6.35. The lowest BCUT2D eigenvalue weighted by atomic mass is 10.0. The number of fused-ring (bicyclic) bond motifs is 1. The van der Waals surface area contributed by atoms with Gasteiger partial charge in [0.1, 0.15) is 23.9 Å². The van der Waals surface area contributed by atoms with Crippen LogP contribution >= 0.6 is 0 Å². The van der Waals surface area contributed by atoms with Crippen molar-refractivity contribution < 1.29 is 18.4 Å². The largest absolute Gasteiger partial charge is 0.330 e. The lowest BCUT2D eigenvalue weighted by Crippen LogP contribution is -2.38. The number of nitrogens with one attached hydrogen (secondary N) is 1. The lowest BCUT2D eigenvalue weighted by Gasteiger charge is -2.22. The van der Waals surface area contributed by atoms with Crippen molar-refractivity contribution in [3.05, 3.63) is 90.3 Å². The number of amides is 2. The van der Waals surface area contributed by atoms with Gasteiger partial charge < -0.3 is 10.2 Å². The van der Waals surface area contributed by atoms with E-state index in [1.54, 1.807) is 55.7 Å². The smallest absolute Gasteiger partial charge is 0.255 e. The summed E-state index contributed by atoms with van der Waals surface area (Å²) in [5.41, 5.74) is 1.84. The highest BCUT2D eigenvalue weighted by Gasteiger charge is 2.22. The van der Waals surface area contributed by atoms with E-state index >= 15 is 0 Å². The predicted molar refractivity (Wildman–Crippen MR) is 122 cm³/mol. The molecule has 0 saturated heterocycles. The van der Waals surface area contributed by atoms with Crippen molar-refractivity contribution in [2.45, 2.75) is 6.92 Å². The van der Waals surface area contributed by atoms with E-state index in [2.05, 4.69) is 15.3 Å². The van der Waals surface area contributed by atoms with Crippen molar-refractivity contribution in [2.24, 2.45) is 0 Å². The minimum Gasteiger partial charge on any atom is -0.330 e. The van der Waals surface area contributed by atoms with Gasteiger partial charge in [0.15, 0.2) is 0 Å². The number of hydrogen-bond donors (Lipinski definition) is 1. The van der Waals surface area contributed by atoms with Gasteiger partial charge in [-0.2, -0.15) is 0 Å². The fourth-order valence-corrected chi connectivity index (χ4v) is 3.49. The lowest BCUT2D eigenvalue weighted by molar-refractivity contribution is -0.116. The number of carbonyl (C=O) groups is 2. The summed E-state index contributed by atoms with van der Waals surface area (Å²) < 4.78 is 27.8. The van der Waals surface area contributed by atoms with Crippen LogP contribution in [0.1, 0.15) is 17.3 Å². The summed E-state index contributed by atoms with van der Waals surface area (Å²) in [5, 5.41) is 2.86. The van der Waals surface area contributed by atoms with Crippen LogP contribution in [0, 0.1) is 11.6 Å². The third kappa shape index (κ3) is 4.69. The summed E-state index contributed by atoms with van der Waals surface area (Å²) >= 11 is 0. The number of para-hydroxylation sites is 2. The van der Waals surface area contributed by atoms with Crippen molar-refractivity contribution in [1.82, 2.24) is 14.9 Å². The number of carbonyl (C=O) groups excluding carboxylic acids is 2. The number of benzene rings is 2. The van der Waals surface area contributed by atoms with Gasteiger partial charge in [-0.15, -0.1) is 0 Å². The number of halogens is 2. The van der Waals surface area contributed by atoms with E-state index in [-0.39, 0.29) is 13.1 Å². The molecule has 2 aromatic carbocycles. The molecule has 0 bridgehead atoms. The molecule has 0 fully saturated rings. The minimum atomic E-state index is -0.889. The second kappa shape index (κ2) is 9.52. The number of aromatic nitrogens is 2. The highest BCUT2D eigenvalue weighted by Crippen LogP contribution is 2.26. The summed E-state index contributed by atoms with van der Waals surface area (Å²) in [6, 6.07) is 15.8. The molecular formula is C25H20F2N4O2. The molecular weight excluding hydrogens is 426 g/mol. The zero-order valence-corrected chi connectivity index (χ0v) is 17.8. The number of hydrogen-bond acceptors (Lipinski definition) is 4. The van der Waals surface area contributed by atoms with Crippen molar-refractivity contribution in [1.29, 1.82) is 0 Å². The Bertz CT molecular complexity index is 1310. The fourth-order valence-electron chi connectivity index (χ4n) is 3.49. The van der Waals surface area contributed by atoms with Crippen LogP contribution < -0.4 is 5.32 Å². The Labute approximate surface area is 188 Å². The zero-order valence-electron chi connectivity index (χ0n) is 17.8. The predicted octanol–water partition coefficient (Wildman–Crippen LogP) is 4.68. The quantitative estimate of drug-likeness (QED) is 0.467. The van der Waals surface area contributed by atoms with Gasteiger partial charge in [0.2, 0.25) is 5.91 Å². The highest BCUT2D eigenvalue weighted by molar-refractivity contribution is 6.08. The molecule has 4 rings (SSSR count). The third-order valence-electron chi connectivity index (χ3n) is 5.15. The number of anilines is 1. The summed E-state index contributed by atoms with van der Waals surface area (Å²) in [6.07, 6.45) is 3.27. The van der Waals surface area contributed by atoms with Crippen LogP contribution in [0.4, 0.5) is 14.5 Å². The normalized spacial score (nSPS) is 10.8. The molecule has 0 aliphatic heterocycles. The second-order valence-electron chi connectivity index (χ2n) is 7.27. The molecule has 0 unspecified atom stereocenters. The number of rotatable bonds is 6. The topological polar surface area (TPSA) is 75.2 Å². The summed E-state index contributed by atoms with van der Waals surface area (Å²) in [4.78, 5) is 35.9. The van der Waals surface area contributed by atoms with Crippen LogP contribution in [0.2, 0.25) is 0 Å². The Morgan fingerprint density at radius 1 is 0.970 bits per heavy atom. The molecule has 6 nitrogen and oxygen atoms in total. The van der Waals surface area contributed by atoms with Gasteiger partial charge in [-0.3, -0.25) is 14.6 Å². The van der Waals surface area contributed by atoms with Gasteiger partial charge >= 0.3 is 0 Å². The molecule has 2 aromatic heterocycles. The van der Waals surface area contributed by atoms with Gasteiger partial charge in [0.25, 0.3) is 5.91 Å². The van der Waals surface area contributed by atoms with E-state index in [4.69, 9.17) is 0 Å². The van der Waals surface area contributed by atoms with Crippen LogP contribution in [0.3, 0.4) is 0 Å². The first-order valence-corrected chi connectivity index (χ1v) is 10.3. The van der Waals surface area contributed by atoms with Crippen molar-refractivity contribution in [2.75, 3.05) is 18.4 Å². The minimum absolute atomic E-state index is 0.216. The molecule has 2 heterocycles. The van der Waals surface area contributed by atoms with E-state index in [9.17, 15) is 18.4 Å². The second-order valence-corrected chi connectivity index (χ2v) is 7.27. The van der Waals surface area contributed by atoms with Gasteiger partial charge in [-0.25, -0.2) is 13.8 Å². The molecule has 8 heteroatoms. The molecule has 33 heavy (non-hydrogen) atoms. The first kappa shape index (κ1) is 22.0. The van der Waals surface area contributed by atoms with E-state index in [0.29, 0.717) is 22.2 Å². The number of nitrogens with zero attached hydrogens (tertiary/aromatic N) is 3. The number of pyridine rings is 2. The zero-order chi connectivity index (χ0) is 23.4. The fraction of sp³-hybridized carbons (Fsp3) is 0.120. The molecule has 0 saturated carbocycles. The molecule has 166 valence electrons. The Morgan fingerprint density at radius 2 is 1.67 bits per heavy atom. The van der Waals surface area contributed by atoms with E-state index in [0.717, 1.165) is 17.7 Å². The molecule has 0 atom stereocenters. The molecule has 0 radical (unpaired) electrons. The Morgan fingerprint density at radius 3 is 2.36 bits per heavy atom. The molecule has 1 N–H and O–H groups in total. The summed E-state index contributed by atoms with van der Waals surface area (Å²) in [7, 11) is 0.